The van der Waals surface area contributed by atoms with Gasteiger partial charge < -0.3 is 20.3 Å². The average Bonchev–Trinajstić information content (AvgIpc) is 3.26. The molecular formula is C24H31N7O2S. The normalized spacial score (nSPS) is 17.9. The molecule has 1 amide bonds. The van der Waals surface area contributed by atoms with Gasteiger partial charge in [0.15, 0.2) is 11.6 Å². The summed E-state index contributed by atoms with van der Waals surface area (Å²) in [6.45, 7) is 5.75. The van der Waals surface area contributed by atoms with Crippen LogP contribution in [0.5, 0.6) is 0 Å². The number of nitrogens with zero attached hydrogens (tertiary/aromatic N) is 6. The zero-order valence-corrected chi connectivity index (χ0v) is 20.6. The molecule has 0 aliphatic carbocycles. The van der Waals surface area contributed by atoms with Gasteiger partial charge in [0.05, 0.1) is 23.4 Å². The Balaban J connectivity index is 1.41. The molecule has 0 radical (unpaired) electrons. The van der Waals surface area contributed by atoms with E-state index in [9.17, 15) is 4.79 Å². The summed E-state index contributed by atoms with van der Waals surface area (Å²) in [5, 5.41) is 0. The van der Waals surface area contributed by atoms with Crippen LogP contribution in [-0.4, -0.2) is 84.1 Å². The van der Waals surface area contributed by atoms with E-state index in [-0.39, 0.29) is 11.8 Å². The molecule has 0 unspecified atom stereocenters. The summed E-state index contributed by atoms with van der Waals surface area (Å²) in [5.74, 6) is 2.49. The maximum Gasteiger partial charge on any atom is 0.225 e. The number of aromatic nitrogens is 3. The molecule has 0 aromatic carbocycles. The number of ether oxygens (including phenoxy) is 1. The van der Waals surface area contributed by atoms with Crippen molar-refractivity contribution in [1.29, 1.82) is 0 Å². The molecule has 3 aromatic rings. The standard InChI is InChI=1S/C24H31N7O2S/c1-29(2)24(32)16-5-7-30(8-6-16)15-18-13-19-21(34-18)23(31-9-11-33-12-10-31)28-22(27-19)17-3-4-20(25)26-14-17/h3-4,13-14,16H,5-12,15H2,1-2H3,(H2,25,26). The minimum absolute atomic E-state index is 0.142. The molecule has 2 fully saturated rings. The van der Waals surface area contributed by atoms with E-state index >= 15 is 0 Å². The SMILES string of the molecule is CN(C)C(=O)C1CCN(Cc2cc3nc(-c4ccc(N)nc4)nc(N4CCOCC4)c3s2)CC1. The van der Waals surface area contributed by atoms with Crippen molar-refractivity contribution in [2.45, 2.75) is 19.4 Å². The van der Waals surface area contributed by atoms with Gasteiger partial charge in [-0.05, 0) is 44.1 Å². The van der Waals surface area contributed by atoms with Gasteiger partial charge in [-0.15, -0.1) is 11.3 Å². The number of hydrogen-bond donors (Lipinski definition) is 1. The molecule has 2 aliphatic rings. The highest BCUT2D eigenvalue weighted by molar-refractivity contribution is 7.19. The fourth-order valence-corrected chi connectivity index (χ4v) is 5.78. The predicted molar refractivity (Wildman–Crippen MR) is 135 cm³/mol. The summed E-state index contributed by atoms with van der Waals surface area (Å²) in [6.07, 6.45) is 3.55. The molecule has 10 heteroatoms. The Morgan fingerprint density at radius 1 is 1.18 bits per heavy atom. The lowest BCUT2D eigenvalue weighted by Crippen LogP contribution is -2.39. The largest absolute Gasteiger partial charge is 0.384 e. The van der Waals surface area contributed by atoms with Crippen LogP contribution >= 0.6 is 11.3 Å². The van der Waals surface area contributed by atoms with E-state index in [1.54, 1.807) is 28.5 Å². The Labute approximate surface area is 203 Å². The Bertz CT molecular complexity index is 1150. The third kappa shape index (κ3) is 4.84. The molecule has 2 N–H and O–H groups in total. The van der Waals surface area contributed by atoms with E-state index in [0.717, 1.165) is 67.2 Å². The first kappa shape index (κ1) is 22.9. The van der Waals surface area contributed by atoms with Gasteiger partial charge in [-0.3, -0.25) is 9.69 Å². The van der Waals surface area contributed by atoms with E-state index in [1.807, 2.05) is 20.2 Å². The third-order valence-corrected chi connectivity index (χ3v) is 7.62. The number of amides is 1. The first-order valence-corrected chi connectivity index (χ1v) is 12.6. The number of pyridine rings is 1. The van der Waals surface area contributed by atoms with Gasteiger partial charge in [-0.2, -0.15) is 0 Å². The number of likely N-dealkylation sites (tertiary alicyclic amines) is 1. The summed E-state index contributed by atoms with van der Waals surface area (Å²) in [7, 11) is 3.68. The quantitative estimate of drug-likeness (QED) is 0.593. The number of piperidine rings is 1. The minimum Gasteiger partial charge on any atom is -0.384 e. The molecule has 180 valence electrons. The van der Waals surface area contributed by atoms with Crippen molar-refractivity contribution < 1.29 is 9.53 Å². The molecule has 2 aliphatic heterocycles. The summed E-state index contributed by atoms with van der Waals surface area (Å²) < 4.78 is 6.68. The number of thiophene rings is 1. The van der Waals surface area contributed by atoms with Crippen molar-refractivity contribution in [3.05, 3.63) is 29.3 Å². The Morgan fingerprint density at radius 3 is 2.62 bits per heavy atom. The monoisotopic (exact) mass is 481 g/mol. The number of rotatable bonds is 5. The van der Waals surface area contributed by atoms with E-state index in [2.05, 4.69) is 20.9 Å². The van der Waals surface area contributed by atoms with E-state index in [4.69, 9.17) is 20.4 Å². The fourth-order valence-electron chi connectivity index (χ4n) is 4.62. The number of anilines is 2. The fraction of sp³-hybridized carbons (Fsp3) is 0.500. The van der Waals surface area contributed by atoms with Crippen LogP contribution in [0.15, 0.2) is 24.4 Å². The Hall–Kier alpha value is -2.82. The van der Waals surface area contributed by atoms with Crippen molar-refractivity contribution in [1.82, 2.24) is 24.8 Å². The predicted octanol–water partition coefficient (Wildman–Crippen LogP) is 2.47. The van der Waals surface area contributed by atoms with Gasteiger partial charge in [0.25, 0.3) is 0 Å². The summed E-state index contributed by atoms with van der Waals surface area (Å²) in [6, 6.07) is 5.89. The van der Waals surface area contributed by atoms with Crippen LogP contribution in [0.1, 0.15) is 17.7 Å². The molecule has 34 heavy (non-hydrogen) atoms. The lowest BCUT2D eigenvalue weighted by Gasteiger charge is -2.32. The van der Waals surface area contributed by atoms with E-state index in [1.165, 1.54) is 4.88 Å². The van der Waals surface area contributed by atoms with Gasteiger partial charge in [0, 0.05) is 56.3 Å². The minimum atomic E-state index is 0.142. The van der Waals surface area contributed by atoms with Crippen LogP contribution in [0.25, 0.3) is 21.6 Å². The van der Waals surface area contributed by atoms with Crippen LogP contribution in [0.3, 0.4) is 0 Å². The number of nitrogens with two attached hydrogens (primary N) is 1. The molecule has 2 saturated heterocycles. The highest BCUT2D eigenvalue weighted by Gasteiger charge is 2.27. The smallest absolute Gasteiger partial charge is 0.225 e. The van der Waals surface area contributed by atoms with Gasteiger partial charge in [-0.25, -0.2) is 15.0 Å². The molecule has 0 bridgehead atoms. The zero-order valence-electron chi connectivity index (χ0n) is 19.7. The third-order valence-electron chi connectivity index (χ3n) is 6.52. The molecule has 5 heterocycles. The number of morpholine rings is 1. The van der Waals surface area contributed by atoms with Gasteiger partial charge in [-0.1, -0.05) is 0 Å². The number of hydrogen-bond acceptors (Lipinski definition) is 9. The van der Waals surface area contributed by atoms with Gasteiger partial charge in [0.2, 0.25) is 5.91 Å². The van der Waals surface area contributed by atoms with Crippen molar-refractivity contribution >= 4 is 39.1 Å². The highest BCUT2D eigenvalue weighted by atomic mass is 32.1. The van der Waals surface area contributed by atoms with E-state index < -0.39 is 0 Å². The second-order valence-corrected chi connectivity index (χ2v) is 10.3. The first-order chi connectivity index (χ1) is 16.5. The van der Waals surface area contributed by atoms with Gasteiger partial charge in [0.1, 0.15) is 5.82 Å². The number of fused-ring (bicyclic) bond motifs is 1. The first-order valence-electron chi connectivity index (χ1n) is 11.8. The summed E-state index contributed by atoms with van der Waals surface area (Å²) in [4.78, 5) is 34.1. The van der Waals surface area contributed by atoms with E-state index in [0.29, 0.717) is 24.9 Å². The summed E-state index contributed by atoms with van der Waals surface area (Å²) >= 11 is 1.77. The van der Waals surface area contributed by atoms with Crippen LogP contribution in [0.2, 0.25) is 0 Å². The van der Waals surface area contributed by atoms with Crippen LogP contribution in [0, 0.1) is 5.92 Å². The molecule has 9 nitrogen and oxygen atoms in total. The Kier molecular flexibility index (Phi) is 6.62. The molecule has 0 spiro atoms. The maximum absolute atomic E-state index is 12.3. The number of carbonyl (C=O) groups is 1. The van der Waals surface area contributed by atoms with Crippen LogP contribution in [-0.2, 0) is 16.1 Å². The van der Waals surface area contributed by atoms with Crippen LogP contribution < -0.4 is 10.6 Å². The second-order valence-electron chi connectivity index (χ2n) is 9.15. The zero-order chi connectivity index (χ0) is 23.7. The van der Waals surface area contributed by atoms with Crippen molar-refractivity contribution in [2.24, 2.45) is 5.92 Å². The maximum atomic E-state index is 12.3. The van der Waals surface area contributed by atoms with Crippen molar-refractivity contribution in [3.8, 4) is 11.4 Å². The number of carbonyl (C=O) groups excluding carboxylic acids is 1. The lowest BCUT2D eigenvalue weighted by molar-refractivity contribution is -0.134. The van der Waals surface area contributed by atoms with Crippen molar-refractivity contribution in [3.63, 3.8) is 0 Å². The average molecular weight is 482 g/mol. The molecule has 0 atom stereocenters. The molecule has 5 rings (SSSR count). The Morgan fingerprint density at radius 2 is 1.94 bits per heavy atom. The second kappa shape index (κ2) is 9.81. The number of nitrogen functional groups attached to an aromatic ring is 1. The van der Waals surface area contributed by atoms with Crippen LogP contribution in [0.4, 0.5) is 11.6 Å². The molecular weight excluding hydrogens is 450 g/mol. The molecule has 3 aromatic heterocycles. The highest BCUT2D eigenvalue weighted by Crippen LogP contribution is 2.35. The lowest BCUT2D eigenvalue weighted by atomic mass is 9.95. The summed E-state index contributed by atoms with van der Waals surface area (Å²) in [5.41, 5.74) is 7.59. The topological polar surface area (TPSA) is 101 Å². The van der Waals surface area contributed by atoms with Gasteiger partial charge >= 0.3 is 0 Å². The van der Waals surface area contributed by atoms with Crippen molar-refractivity contribution in [2.75, 3.05) is 64.1 Å². The molecule has 0 saturated carbocycles.